The Morgan fingerprint density at radius 1 is 1.21 bits per heavy atom. The minimum atomic E-state index is -0.566. The third-order valence-corrected chi connectivity index (χ3v) is 6.35. The minimum Gasteiger partial charge on any atom is -0.497 e. The molecule has 0 bridgehead atoms. The molecule has 0 unspecified atom stereocenters. The first kappa shape index (κ1) is 22.6. The first-order chi connectivity index (χ1) is 15.9. The number of likely N-dealkylation sites (tertiary alicyclic amines) is 1. The summed E-state index contributed by atoms with van der Waals surface area (Å²) < 4.78 is 10.7. The van der Waals surface area contributed by atoms with Crippen molar-refractivity contribution >= 4 is 40.6 Å². The summed E-state index contributed by atoms with van der Waals surface area (Å²) in [5, 5.41) is 10.9. The van der Waals surface area contributed by atoms with Crippen LogP contribution in [0.1, 0.15) is 25.0 Å². The van der Waals surface area contributed by atoms with Gasteiger partial charge in [0.25, 0.3) is 16.8 Å². The molecule has 0 atom stereocenters. The summed E-state index contributed by atoms with van der Waals surface area (Å²) in [7, 11) is 1.41. The number of hydrogen-bond donors (Lipinski definition) is 0. The Hall–Kier alpha value is -3.60. The predicted molar refractivity (Wildman–Crippen MR) is 120 cm³/mol. The lowest BCUT2D eigenvalue weighted by Crippen LogP contribution is -2.44. The zero-order chi connectivity index (χ0) is 23.5. The summed E-state index contributed by atoms with van der Waals surface area (Å²) in [6.45, 7) is 0.985. The van der Waals surface area contributed by atoms with Gasteiger partial charge in [-0.15, -0.1) is 0 Å². The van der Waals surface area contributed by atoms with Crippen molar-refractivity contribution in [3.05, 3.63) is 51.1 Å². The van der Waals surface area contributed by atoms with Crippen molar-refractivity contribution in [3.63, 3.8) is 0 Å². The quantitative estimate of drug-likeness (QED) is 0.353. The topological polar surface area (TPSA) is 123 Å². The fourth-order valence-electron chi connectivity index (χ4n) is 3.72. The Labute approximate surface area is 193 Å². The van der Waals surface area contributed by atoms with Gasteiger partial charge in [-0.3, -0.25) is 29.4 Å². The molecule has 0 radical (unpaired) electrons. The van der Waals surface area contributed by atoms with Crippen LogP contribution in [0.3, 0.4) is 0 Å². The molecule has 0 N–H and O–H groups in total. The van der Waals surface area contributed by atoms with Crippen LogP contribution < -0.4 is 4.74 Å². The second-order valence-electron chi connectivity index (χ2n) is 7.55. The fraction of sp³-hybridized carbons (Fsp3) is 0.318. The Morgan fingerprint density at radius 2 is 1.97 bits per heavy atom. The fourth-order valence-corrected chi connectivity index (χ4v) is 4.54. The van der Waals surface area contributed by atoms with Gasteiger partial charge < -0.3 is 14.1 Å². The van der Waals surface area contributed by atoms with Crippen LogP contribution >= 0.6 is 11.8 Å². The van der Waals surface area contributed by atoms with E-state index in [-0.39, 0.29) is 40.1 Å². The van der Waals surface area contributed by atoms with Gasteiger partial charge in [-0.25, -0.2) is 0 Å². The Bertz CT molecular complexity index is 1150. The smallest absolute Gasteiger partial charge is 0.294 e. The van der Waals surface area contributed by atoms with E-state index in [0.717, 1.165) is 35.9 Å². The summed E-state index contributed by atoms with van der Waals surface area (Å²) in [6, 6.07) is 7.48. The van der Waals surface area contributed by atoms with Gasteiger partial charge >= 0.3 is 0 Å². The Balaban J connectivity index is 1.51. The van der Waals surface area contributed by atoms with Crippen LogP contribution in [0.2, 0.25) is 0 Å². The van der Waals surface area contributed by atoms with Crippen molar-refractivity contribution in [2.75, 3.05) is 26.7 Å². The van der Waals surface area contributed by atoms with E-state index in [1.54, 1.807) is 23.1 Å². The highest BCUT2D eigenvalue weighted by atomic mass is 32.2. The van der Waals surface area contributed by atoms with Crippen LogP contribution in [0.5, 0.6) is 5.75 Å². The van der Waals surface area contributed by atoms with E-state index < -0.39 is 16.1 Å². The van der Waals surface area contributed by atoms with Crippen molar-refractivity contribution in [2.24, 2.45) is 0 Å². The monoisotopic (exact) mass is 471 g/mol. The van der Waals surface area contributed by atoms with E-state index in [9.17, 15) is 24.5 Å². The Morgan fingerprint density at radius 3 is 2.67 bits per heavy atom. The number of benzene rings is 1. The van der Waals surface area contributed by atoms with E-state index in [1.807, 2.05) is 0 Å². The first-order valence-electron chi connectivity index (χ1n) is 10.3. The number of imide groups is 1. The van der Waals surface area contributed by atoms with Crippen molar-refractivity contribution in [2.45, 2.75) is 19.3 Å². The van der Waals surface area contributed by atoms with Crippen LogP contribution in [-0.2, 0) is 9.59 Å². The van der Waals surface area contributed by atoms with Crippen LogP contribution in [0, 0.1) is 10.1 Å². The van der Waals surface area contributed by atoms with E-state index in [2.05, 4.69) is 0 Å². The maximum absolute atomic E-state index is 12.7. The number of carbonyl (C=O) groups is 3. The van der Waals surface area contributed by atoms with Crippen LogP contribution in [0.4, 0.5) is 10.5 Å². The molecule has 2 fully saturated rings. The van der Waals surface area contributed by atoms with Crippen molar-refractivity contribution in [3.8, 4) is 17.1 Å². The van der Waals surface area contributed by atoms with Gasteiger partial charge in [0.2, 0.25) is 5.91 Å². The number of nitro benzene ring substituents is 1. The number of ether oxygens (including phenoxy) is 1. The molecule has 0 saturated carbocycles. The standard InChI is InChI=1S/C22H21N3O7S/c1-31-14-5-7-16(17(11-14)25(29)30)18-8-6-15(32-18)12-19-21(27)24(22(28)33-19)13-20(26)23-9-3-2-4-10-23/h5-8,11-12H,2-4,9-10,13H2,1H3/b19-12+. The molecule has 11 heteroatoms. The molecule has 2 aromatic rings. The lowest BCUT2D eigenvalue weighted by molar-refractivity contribution is -0.384. The zero-order valence-electron chi connectivity index (χ0n) is 17.8. The highest BCUT2D eigenvalue weighted by Crippen LogP contribution is 2.36. The summed E-state index contributed by atoms with van der Waals surface area (Å²) in [4.78, 5) is 51.2. The van der Waals surface area contributed by atoms with Gasteiger partial charge in [0, 0.05) is 19.2 Å². The van der Waals surface area contributed by atoms with Gasteiger partial charge in [-0.05, 0) is 55.3 Å². The van der Waals surface area contributed by atoms with Crippen molar-refractivity contribution < 1.29 is 28.5 Å². The lowest BCUT2D eigenvalue weighted by Gasteiger charge is -2.27. The number of hydrogen-bond acceptors (Lipinski definition) is 8. The summed E-state index contributed by atoms with van der Waals surface area (Å²) >= 11 is 0.726. The normalized spacial score (nSPS) is 17.7. The Kier molecular flexibility index (Phi) is 6.50. The molecule has 0 aliphatic carbocycles. The van der Waals surface area contributed by atoms with E-state index in [0.29, 0.717) is 18.8 Å². The van der Waals surface area contributed by atoms with Crippen molar-refractivity contribution in [1.82, 2.24) is 9.80 Å². The predicted octanol–water partition coefficient (Wildman–Crippen LogP) is 3.91. The SMILES string of the molecule is COc1ccc(-c2ccc(/C=C3/SC(=O)N(CC(=O)N4CCCCC4)C3=O)o2)c([N+](=O)[O-])c1. The van der Waals surface area contributed by atoms with E-state index >= 15 is 0 Å². The number of nitro groups is 1. The molecule has 3 heterocycles. The number of thioether (sulfide) groups is 1. The van der Waals surface area contributed by atoms with Gasteiger partial charge in [0.15, 0.2) is 0 Å². The summed E-state index contributed by atoms with van der Waals surface area (Å²) in [5.41, 5.74) is 0.0625. The molecule has 0 spiro atoms. The molecule has 3 amide bonds. The maximum atomic E-state index is 12.7. The third kappa shape index (κ3) is 4.77. The average molecular weight is 471 g/mol. The largest absolute Gasteiger partial charge is 0.497 e. The van der Waals surface area contributed by atoms with Crippen LogP contribution in [0.25, 0.3) is 17.4 Å². The van der Waals surface area contributed by atoms with E-state index in [4.69, 9.17) is 9.15 Å². The highest BCUT2D eigenvalue weighted by molar-refractivity contribution is 8.18. The maximum Gasteiger partial charge on any atom is 0.294 e. The van der Waals surface area contributed by atoms with Gasteiger partial charge in [-0.1, -0.05) is 0 Å². The third-order valence-electron chi connectivity index (χ3n) is 5.44. The molecule has 2 aliphatic rings. The van der Waals surface area contributed by atoms with Gasteiger partial charge in [-0.2, -0.15) is 0 Å². The molecular weight excluding hydrogens is 450 g/mol. The van der Waals surface area contributed by atoms with Gasteiger partial charge in [0.1, 0.15) is 23.8 Å². The second kappa shape index (κ2) is 9.49. The number of furan rings is 1. The molecule has 4 rings (SSSR count). The summed E-state index contributed by atoms with van der Waals surface area (Å²) in [6.07, 6.45) is 4.30. The number of methoxy groups -OCH3 is 1. The molecule has 1 aromatic carbocycles. The van der Waals surface area contributed by atoms with Crippen LogP contribution in [-0.4, -0.2) is 58.5 Å². The second-order valence-corrected chi connectivity index (χ2v) is 8.54. The van der Waals surface area contributed by atoms with Crippen LogP contribution in [0.15, 0.2) is 39.7 Å². The van der Waals surface area contributed by atoms with E-state index in [1.165, 1.54) is 25.3 Å². The number of rotatable bonds is 6. The average Bonchev–Trinajstić information content (AvgIpc) is 3.39. The minimum absolute atomic E-state index is 0.122. The first-order valence-corrected chi connectivity index (χ1v) is 11.1. The molecule has 33 heavy (non-hydrogen) atoms. The van der Waals surface area contributed by atoms with Crippen molar-refractivity contribution in [1.29, 1.82) is 0 Å². The molecular formula is C22H21N3O7S. The summed E-state index contributed by atoms with van der Waals surface area (Å²) in [5.74, 6) is 0.0113. The number of nitrogens with zero attached hydrogens (tertiary/aromatic N) is 3. The molecule has 10 nitrogen and oxygen atoms in total. The molecule has 2 saturated heterocycles. The highest BCUT2D eigenvalue weighted by Gasteiger charge is 2.37. The lowest BCUT2D eigenvalue weighted by atomic mass is 10.1. The van der Waals surface area contributed by atoms with Gasteiger partial charge in [0.05, 0.1) is 28.6 Å². The number of carbonyl (C=O) groups excluding carboxylic acids is 3. The zero-order valence-corrected chi connectivity index (χ0v) is 18.6. The molecule has 172 valence electrons. The number of amides is 3. The number of piperidine rings is 1. The molecule has 1 aromatic heterocycles. The molecule has 2 aliphatic heterocycles.